The number of nitrogens with zero attached hydrogens (tertiary/aromatic N) is 2. The molecular formula is C16H21FN4S. The van der Waals surface area contributed by atoms with Crippen molar-refractivity contribution in [1.29, 1.82) is 0 Å². The number of nitrogens with one attached hydrogen (secondary N) is 2. The molecule has 0 unspecified atom stereocenters. The van der Waals surface area contributed by atoms with Crippen molar-refractivity contribution in [3.05, 3.63) is 47.0 Å². The van der Waals surface area contributed by atoms with E-state index in [0.717, 1.165) is 22.6 Å². The van der Waals surface area contributed by atoms with Gasteiger partial charge in [-0.2, -0.15) is 5.10 Å². The third-order valence-corrected chi connectivity index (χ3v) is 3.48. The number of benzene rings is 1. The van der Waals surface area contributed by atoms with Crippen LogP contribution in [0, 0.1) is 19.7 Å². The van der Waals surface area contributed by atoms with E-state index >= 15 is 0 Å². The number of aryl methyl sites for hydroxylation is 1. The Morgan fingerprint density at radius 2 is 2.09 bits per heavy atom. The lowest BCUT2D eigenvalue weighted by Crippen LogP contribution is -2.34. The van der Waals surface area contributed by atoms with Gasteiger partial charge in [-0.05, 0) is 57.6 Å². The molecule has 2 N–H and O–H groups in total. The molecule has 0 amide bonds. The van der Waals surface area contributed by atoms with Gasteiger partial charge in [0.25, 0.3) is 0 Å². The minimum Gasteiger partial charge on any atom is -0.360 e. The molecule has 1 heterocycles. The number of thiocarbonyl (C=S) groups is 1. The van der Waals surface area contributed by atoms with E-state index < -0.39 is 0 Å². The van der Waals surface area contributed by atoms with Gasteiger partial charge in [0, 0.05) is 6.04 Å². The lowest BCUT2D eigenvalue weighted by molar-refractivity contribution is 0.616. The molecule has 118 valence electrons. The van der Waals surface area contributed by atoms with Crippen LogP contribution in [0.5, 0.6) is 0 Å². The van der Waals surface area contributed by atoms with Crippen molar-refractivity contribution in [2.75, 3.05) is 5.32 Å². The largest absolute Gasteiger partial charge is 0.360 e. The highest BCUT2D eigenvalue weighted by Gasteiger charge is 2.13. The lowest BCUT2D eigenvalue weighted by atomic mass is 10.2. The molecule has 0 aliphatic heterocycles. The summed E-state index contributed by atoms with van der Waals surface area (Å²) in [4.78, 5) is 0. The first-order valence-corrected chi connectivity index (χ1v) is 7.63. The van der Waals surface area contributed by atoms with Gasteiger partial charge in [-0.3, -0.25) is 4.68 Å². The van der Waals surface area contributed by atoms with Crippen LogP contribution in [0.3, 0.4) is 0 Å². The predicted molar refractivity (Wildman–Crippen MR) is 91.7 cm³/mol. The first-order chi connectivity index (χ1) is 10.4. The number of rotatable bonds is 4. The first-order valence-electron chi connectivity index (χ1n) is 7.22. The van der Waals surface area contributed by atoms with E-state index in [1.165, 1.54) is 12.1 Å². The van der Waals surface area contributed by atoms with Crippen molar-refractivity contribution in [3.8, 4) is 0 Å². The monoisotopic (exact) mass is 320 g/mol. The quantitative estimate of drug-likeness (QED) is 0.848. The van der Waals surface area contributed by atoms with Gasteiger partial charge >= 0.3 is 0 Å². The van der Waals surface area contributed by atoms with E-state index in [1.54, 1.807) is 6.07 Å². The average molecular weight is 320 g/mol. The normalized spacial score (nSPS) is 10.8. The van der Waals surface area contributed by atoms with Crippen LogP contribution in [0.25, 0.3) is 0 Å². The fourth-order valence-corrected chi connectivity index (χ4v) is 2.59. The third kappa shape index (κ3) is 4.04. The van der Waals surface area contributed by atoms with Crippen LogP contribution < -0.4 is 10.6 Å². The molecule has 0 spiro atoms. The van der Waals surface area contributed by atoms with Crippen molar-refractivity contribution in [1.82, 2.24) is 15.1 Å². The second-order valence-electron chi connectivity index (χ2n) is 5.59. The van der Waals surface area contributed by atoms with Crippen LogP contribution in [0.15, 0.2) is 24.3 Å². The molecule has 0 saturated heterocycles. The van der Waals surface area contributed by atoms with E-state index in [1.807, 2.05) is 38.4 Å². The fourth-order valence-electron chi connectivity index (χ4n) is 2.25. The average Bonchev–Trinajstić information content (AvgIpc) is 2.66. The maximum Gasteiger partial charge on any atom is 0.171 e. The molecule has 1 aromatic carbocycles. The van der Waals surface area contributed by atoms with E-state index in [4.69, 9.17) is 12.2 Å². The number of aromatic nitrogens is 2. The standard InChI is InChI=1S/C16H21FN4S/c1-10(2)18-16(22)19-15-11(3)20-21(12(15)4)9-13-6-5-7-14(17)8-13/h5-8,10H,9H2,1-4H3,(H2,18,19,22). The highest BCUT2D eigenvalue weighted by molar-refractivity contribution is 7.80. The summed E-state index contributed by atoms with van der Waals surface area (Å²) in [6, 6.07) is 6.82. The molecule has 4 nitrogen and oxygen atoms in total. The molecule has 0 aliphatic carbocycles. The summed E-state index contributed by atoms with van der Waals surface area (Å²) in [7, 11) is 0. The predicted octanol–water partition coefficient (Wildman–Crippen LogP) is 3.38. The van der Waals surface area contributed by atoms with E-state index in [9.17, 15) is 4.39 Å². The molecule has 0 bridgehead atoms. The summed E-state index contributed by atoms with van der Waals surface area (Å²) in [6.45, 7) is 8.48. The summed E-state index contributed by atoms with van der Waals surface area (Å²) in [6.07, 6.45) is 0. The van der Waals surface area contributed by atoms with Gasteiger partial charge in [0.1, 0.15) is 5.82 Å². The van der Waals surface area contributed by atoms with E-state index in [2.05, 4.69) is 15.7 Å². The minimum absolute atomic E-state index is 0.236. The van der Waals surface area contributed by atoms with Gasteiger partial charge in [-0.15, -0.1) is 0 Å². The Kier molecular flexibility index (Phi) is 5.13. The van der Waals surface area contributed by atoms with Crippen molar-refractivity contribution < 1.29 is 4.39 Å². The topological polar surface area (TPSA) is 41.9 Å². The van der Waals surface area contributed by atoms with Crippen molar-refractivity contribution in [3.63, 3.8) is 0 Å². The second kappa shape index (κ2) is 6.87. The molecule has 6 heteroatoms. The van der Waals surface area contributed by atoms with Crippen LogP contribution in [-0.2, 0) is 6.54 Å². The van der Waals surface area contributed by atoms with Gasteiger partial charge in [0.15, 0.2) is 5.11 Å². The van der Waals surface area contributed by atoms with Crippen LogP contribution in [0.1, 0.15) is 30.8 Å². The van der Waals surface area contributed by atoms with Crippen molar-refractivity contribution in [2.24, 2.45) is 0 Å². The maximum absolute atomic E-state index is 13.3. The van der Waals surface area contributed by atoms with Crippen molar-refractivity contribution >= 4 is 23.0 Å². The molecule has 2 aromatic rings. The van der Waals surface area contributed by atoms with Crippen LogP contribution in [0.4, 0.5) is 10.1 Å². The highest BCUT2D eigenvalue weighted by Crippen LogP contribution is 2.20. The Labute approximate surface area is 135 Å². The first kappa shape index (κ1) is 16.4. The van der Waals surface area contributed by atoms with Gasteiger partial charge in [-0.25, -0.2) is 4.39 Å². The zero-order chi connectivity index (χ0) is 16.3. The molecule has 0 saturated carbocycles. The van der Waals surface area contributed by atoms with Crippen LogP contribution in [0.2, 0.25) is 0 Å². The Morgan fingerprint density at radius 1 is 1.36 bits per heavy atom. The molecule has 2 rings (SSSR count). The summed E-state index contributed by atoms with van der Waals surface area (Å²) in [5.74, 6) is -0.236. The number of anilines is 1. The molecule has 0 radical (unpaired) electrons. The number of halogens is 1. The fraction of sp³-hybridized carbons (Fsp3) is 0.375. The van der Waals surface area contributed by atoms with Crippen LogP contribution in [-0.4, -0.2) is 20.9 Å². The van der Waals surface area contributed by atoms with Gasteiger partial charge < -0.3 is 10.6 Å². The van der Waals surface area contributed by atoms with Gasteiger partial charge in [0.2, 0.25) is 0 Å². The minimum atomic E-state index is -0.236. The van der Waals surface area contributed by atoms with Crippen LogP contribution >= 0.6 is 12.2 Å². The number of hydrogen-bond acceptors (Lipinski definition) is 2. The Bertz CT molecular complexity index is 679. The zero-order valence-electron chi connectivity index (χ0n) is 13.3. The molecule has 0 fully saturated rings. The Hall–Kier alpha value is -1.95. The molecule has 0 atom stereocenters. The smallest absolute Gasteiger partial charge is 0.171 e. The third-order valence-electron chi connectivity index (χ3n) is 3.26. The second-order valence-corrected chi connectivity index (χ2v) is 5.99. The Balaban J connectivity index is 2.18. The van der Waals surface area contributed by atoms with Gasteiger partial charge in [-0.1, -0.05) is 12.1 Å². The highest BCUT2D eigenvalue weighted by atomic mass is 32.1. The van der Waals surface area contributed by atoms with Crippen molar-refractivity contribution in [2.45, 2.75) is 40.3 Å². The summed E-state index contributed by atoms with van der Waals surface area (Å²) >= 11 is 5.28. The van der Waals surface area contributed by atoms with Gasteiger partial charge in [0.05, 0.1) is 23.6 Å². The number of hydrogen-bond donors (Lipinski definition) is 2. The summed E-state index contributed by atoms with van der Waals surface area (Å²) in [5.41, 5.74) is 3.60. The lowest BCUT2D eigenvalue weighted by Gasteiger charge is -2.13. The van der Waals surface area contributed by atoms with E-state index in [0.29, 0.717) is 11.7 Å². The van der Waals surface area contributed by atoms with E-state index in [-0.39, 0.29) is 11.9 Å². The molecular weight excluding hydrogens is 299 g/mol. The summed E-state index contributed by atoms with van der Waals surface area (Å²) < 4.78 is 15.1. The molecule has 1 aromatic heterocycles. The molecule has 22 heavy (non-hydrogen) atoms. The maximum atomic E-state index is 13.3. The zero-order valence-corrected chi connectivity index (χ0v) is 14.1. The summed E-state index contributed by atoms with van der Waals surface area (Å²) in [5, 5.41) is 11.4. The Morgan fingerprint density at radius 3 is 2.73 bits per heavy atom. The molecule has 0 aliphatic rings. The SMILES string of the molecule is Cc1nn(Cc2cccc(F)c2)c(C)c1NC(=S)NC(C)C.